The molecule has 1 aromatic heterocycles. The Morgan fingerprint density at radius 2 is 2.33 bits per heavy atom. The molecule has 0 aromatic carbocycles. The predicted molar refractivity (Wildman–Crippen MR) is 54.7 cm³/mol. The van der Waals surface area contributed by atoms with Gasteiger partial charge in [0.25, 0.3) is 0 Å². The fourth-order valence-corrected chi connectivity index (χ4v) is 1.28. The van der Waals surface area contributed by atoms with Gasteiger partial charge in [-0.25, -0.2) is 9.78 Å². The van der Waals surface area contributed by atoms with Crippen molar-refractivity contribution in [2.24, 2.45) is 0 Å². The van der Waals surface area contributed by atoms with Crippen molar-refractivity contribution in [3.05, 3.63) is 29.1 Å². The van der Waals surface area contributed by atoms with Gasteiger partial charge in [-0.05, 0) is 17.5 Å². The zero-order chi connectivity index (χ0) is 11.3. The van der Waals surface area contributed by atoms with Crippen LogP contribution in [0.2, 0.25) is 0 Å². The number of methoxy groups -OCH3 is 1. The van der Waals surface area contributed by atoms with E-state index in [1.807, 2.05) is 13.0 Å². The van der Waals surface area contributed by atoms with Gasteiger partial charge in [0, 0.05) is 12.6 Å². The molecule has 0 N–H and O–H groups in total. The summed E-state index contributed by atoms with van der Waals surface area (Å²) in [7, 11) is 1.29. The molecule has 0 aliphatic heterocycles. The van der Waals surface area contributed by atoms with Crippen LogP contribution in [0, 0.1) is 0 Å². The first-order chi connectivity index (χ1) is 7.22. The summed E-state index contributed by atoms with van der Waals surface area (Å²) < 4.78 is 4.58. The number of rotatable bonds is 4. The van der Waals surface area contributed by atoms with Gasteiger partial charge in [-0.1, -0.05) is 13.0 Å². The van der Waals surface area contributed by atoms with Crippen molar-refractivity contribution in [1.29, 1.82) is 0 Å². The second-order valence-electron chi connectivity index (χ2n) is 3.07. The fraction of sp³-hybridized carbons (Fsp3) is 0.364. The molecule has 80 valence electrons. The molecular weight excluding hydrogens is 194 g/mol. The van der Waals surface area contributed by atoms with E-state index in [1.54, 1.807) is 6.20 Å². The minimum Gasteiger partial charge on any atom is -0.464 e. The Balaban J connectivity index is 3.13. The summed E-state index contributed by atoms with van der Waals surface area (Å²) in [4.78, 5) is 25.8. The van der Waals surface area contributed by atoms with E-state index >= 15 is 0 Å². The van der Waals surface area contributed by atoms with Crippen LogP contribution in [0.25, 0.3) is 0 Å². The molecule has 4 nitrogen and oxygen atoms in total. The van der Waals surface area contributed by atoms with E-state index in [2.05, 4.69) is 9.72 Å². The third kappa shape index (κ3) is 2.62. The fourth-order valence-electron chi connectivity index (χ4n) is 1.28. The van der Waals surface area contributed by atoms with Crippen molar-refractivity contribution >= 4 is 12.3 Å². The second-order valence-corrected chi connectivity index (χ2v) is 3.07. The van der Waals surface area contributed by atoms with Gasteiger partial charge in [0.15, 0.2) is 5.69 Å². The van der Waals surface area contributed by atoms with E-state index in [-0.39, 0.29) is 12.1 Å². The van der Waals surface area contributed by atoms with Crippen LogP contribution in [-0.4, -0.2) is 24.3 Å². The molecule has 1 aromatic rings. The molecule has 1 heterocycles. The second kappa shape index (κ2) is 5.24. The van der Waals surface area contributed by atoms with Gasteiger partial charge in [-0.2, -0.15) is 0 Å². The lowest BCUT2D eigenvalue weighted by molar-refractivity contribution is -0.107. The normalized spacial score (nSPS) is 9.73. The van der Waals surface area contributed by atoms with E-state index in [4.69, 9.17) is 0 Å². The first kappa shape index (κ1) is 11.4. The van der Waals surface area contributed by atoms with Gasteiger partial charge in [0.1, 0.15) is 6.29 Å². The molecule has 0 bridgehead atoms. The maximum Gasteiger partial charge on any atom is 0.356 e. The highest BCUT2D eigenvalue weighted by molar-refractivity contribution is 5.89. The Hall–Kier alpha value is -1.71. The molecule has 0 amide bonds. The third-order valence-electron chi connectivity index (χ3n) is 2.11. The molecule has 0 aliphatic carbocycles. The maximum absolute atomic E-state index is 11.3. The van der Waals surface area contributed by atoms with Crippen LogP contribution >= 0.6 is 0 Å². The van der Waals surface area contributed by atoms with Crippen LogP contribution in [0.3, 0.4) is 0 Å². The monoisotopic (exact) mass is 207 g/mol. The standard InChI is InChI=1S/C11H13NO3/c1-3-8-6-9(4-5-13)10(12-7-8)11(14)15-2/h5-7H,3-4H2,1-2H3. The summed E-state index contributed by atoms with van der Waals surface area (Å²) >= 11 is 0. The molecule has 4 heteroatoms. The number of pyridine rings is 1. The SMILES string of the molecule is CCc1cnc(C(=O)OC)c(CC=O)c1. The van der Waals surface area contributed by atoms with Crippen molar-refractivity contribution in [2.45, 2.75) is 19.8 Å². The lowest BCUT2D eigenvalue weighted by Crippen LogP contribution is -2.09. The highest BCUT2D eigenvalue weighted by Crippen LogP contribution is 2.11. The van der Waals surface area contributed by atoms with Gasteiger partial charge in [0.2, 0.25) is 0 Å². The Kier molecular flexibility index (Phi) is 3.97. The highest BCUT2D eigenvalue weighted by atomic mass is 16.5. The van der Waals surface area contributed by atoms with E-state index in [0.29, 0.717) is 5.56 Å². The topological polar surface area (TPSA) is 56.3 Å². The van der Waals surface area contributed by atoms with E-state index in [0.717, 1.165) is 18.3 Å². The summed E-state index contributed by atoms with van der Waals surface area (Å²) in [5.74, 6) is -0.505. The van der Waals surface area contributed by atoms with E-state index < -0.39 is 5.97 Å². The molecule has 0 fully saturated rings. The van der Waals surface area contributed by atoms with Crippen LogP contribution in [-0.2, 0) is 22.4 Å². The van der Waals surface area contributed by atoms with Crippen molar-refractivity contribution < 1.29 is 14.3 Å². The van der Waals surface area contributed by atoms with Crippen molar-refractivity contribution in [1.82, 2.24) is 4.98 Å². The summed E-state index contributed by atoms with van der Waals surface area (Å²) in [6, 6.07) is 1.81. The predicted octanol–water partition coefficient (Wildman–Crippen LogP) is 1.17. The van der Waals surface area contributed by atoms with Crippen LogP contribution < -0.4 is 0 Å². The number of aromatic nitrogens is 1. The number of hydrogen-bond donors (Lipinski definition) is 0. The van der Waals surface area contributed by atoms with Crippen LogP contribution in [0.15, 0.2) is 12.3 Å². The number of aldehydes is 1. The number of hydrogen-bond acceptors (Lipinski definition) is 4. The minimum absolute atomic E-state index is 0.186. The molecule has 0 saturated carbocycles. The molecule has 15 heavy (non-hydrogen) atoms. The molecule has 0 radical (unpaired) electrons. The molecule has 0 spiro atoms. The van der Waals surface area contributed by atoms with Crippen LogP contribution in [0.4, 0.5) is 0 Å². The number of aryl methyl sites for hydroxylation is 1. The Bertz CT molecular complexity index is 374. The van der Waals surface area contributed by atoms with Gasteiger partial charge in [-0.3, -0.25) is 0 Å². The quantitative estimate of drug-likeness (QED) is 0.549. The minimum atomic E-state index is -0.505. The van der Waals surface area contributed by atoms with Crippen LogP contribution in [0.1, 0.15) is 28.5 Å². The first-order valence-electron chi connectivity index (χ1n) is 4.72. The average Bonchev–Trinajstić information content (AvgIpc) is 2.28. The molecule has 1 rings (SSSR count). The van der Waals surface area contributed by atoms with Crippen LogP contribution in [0.5, 0.6) is 0 Å². The highest BCUT2D eigenvalue weighted by Gasteiger charge is 2.13. The number of ether oxygens (including phenoxy) is 1. The molecule has 0 atom stereocenters. The summed E-state index contributed by atoms with van der Waals surface area (Å²) in [5.41, 5.74) is 1.84. The zero-order valence-electron chi connectivity index (χ0n) is 8.82. The Morgan fingerprint density at radius 1 is 1.60 bits per heavy atom. The largest absolute Gasteiger partial charge is 0.464 e. The van der Waals surface area contributed by atoms with Gasteiger partial charge < -0.3 is 9.53 Å². The summed E-state index contributed by atoms with van der Waals surface area (Å²) in [6.45, 7) is 1.99. The van der Waals surface area contributed by atoms with Gasteiger partial charge >= 0.3 is 5.97 Å². The summed E-state index contributed by atoms with van der Waals surface area (Å²) in [6.07, 6.45) is 3.38. The Labute approximate surface area is 88.3 Å². The summed E-state index contributed by atoms with van der Waals surface area (Å²) in [5, 5.41) is 0. The maximum atomic E-state index is 11.3. The number of esters is 1. The third-order valence-corrected chi connectivity index (χ3v) is 2.11. The van der Waals surface area contributed by atoms with E-state index in [9.17, 15) is 9.59 Å². The number of carbonyl (C=O) groups is 2. The van der Waals surface area contributed by atoms with Gasteiger partial charge in [0.05, 0.1) is 7.11 Å². The molecule has 0 saturated heterocycles. The lowest BCUT2D eigenvalue weighted by Gasteiger charge is -2.05. The zero-order valence-corrected chi connectivity index (χ0v) is 8.82. The number of nitrogens with zero attached hydrogens (tertiary/aromatic N) is 1. The molecular formula is C11H13NO3. The van der Waals surface area contributed by atoms with Crippen molar-refractivity contribution in [2.75, 3.05) is 7.11 Å². The Morgan fingerprint density at radius 3 is 2.87 bits per heavy atom. The molecule has 0 aliphatic rings. The smallest absolute Gasteiger partial charge is 0.356 e. The van der Waals surface area contributed by atoms with E-state index in [1.165, 1.54) is 7.11 Å². The molecule has 0 unspecified atom stereocenters. The average molecular weight is 207 g/mol. The van der Waals surface area contributed by atoms with Gasteiger partial charge in [-0.15, -0.1) is 0 Å². The van der Waals surface area contributed by atoms with Crippen molar-refractivity contribution in [3.8, 4) is 0 Å². The first-order valence-corrected chi connectivity index (χ1v) is 4.72. The lowest BCUT2D eigenvalue weighted by atomic mass is 10.1. The number of carbonyl (C=O) groups excluding carboxylic acids is 2. The van der Waals surface area contributed by atoms with Crippen molar-refractivity contribution in [3.63, 3.8) is 0 Å².